The first-order chi connectivity index (χ1) is 15.8. The second-order valence-electron chi connectivity index (χ2n) is 7.43. The average Bonchev–Trinajstić information content (AvgIpc) is 2.82. The molecule has 0 bridgehead atoms. The number of nitrogens with zero attached hydrogens (tertiary/aromatic N) is 3. The fourth-order valence-electron chi connectivity index (χ4n) is 3.61. The van der Waals surface area contributed by atoms with Crippen molar-refractivity contribution < 1.29 is 28.7 Å². The number of pyridine rings is 1. The van der Waals surface area contributed by atoms with Crippen LogP contribution >= 0.6 is 0 Å². The molecule has 3 rings (SSSR count). The molecule has 11 nitrogen and oxygen atoms in total. The molecule has 0 saturated carbocycles. The van der Waals surface area contributed by atoms with E-state index in [2.05, 4.69) is 10.3 Å². The van der Waals surface area contributed by atoms with Gasteiger partial charge in [0.15, 0.2) is 0 Å². The number of amides is 4. The Morgan fingerprint density at radius 3 is 2.42 bits per heavy atom. The SMILES string of the molecule is CCOC(=O)N1CCN(C(=O)C(CC(N)=O)NC(=O)c2cc(OC)c3ccccc3n2)CC1. The van der Waals surface area contributed by atoms with Gasteiger partial charge in [0.25, 0.3) is 5.91 Å². The van der Waals surface area contributed by atoms with Crippen molar-refractivity contribution in [3.05, 3.63) is 36.0 Å². The first-order valence-corrected chi connectivity index (χ1v) is 10.6. The molecule has 0 radical (unpaired) electrons. The molecule has 4 amide bonds. The standard InChI is InChI=1S/C22H27N5O6/c1-3-33-22(31)27-10-8-26(9-11-27)21(30)17(13-19(23)28)25-20(29)16-12-18(32-2)14-6-4-5-7-15(14)24-16/h4-7,12,17H,3,8-11,13H2,1-2H3,(H2,23,28)(H,25,29). The lowest BCUT2D eigenvalue weighted by atomic mass is 10.1. The molecule has 11 heteroatoms. The van der Waals surface area contributed by atoms with Gasteiger partial charge in [-0.1, -0.05) is 12.1 Å². The number of carbonyl (C=O) groups is 4. The largest absolute Gasteiger partial charge is 0.496 e. The highest BCUT2D eigenvalue weighted by Crippen LogP contribution is 2.25. The molecule has 33 heavy (non-hydrogen) atoms. The molecule has 1 aromatic carbocycles. The van der Waals surface area contributed by atoms with E-state index in [4.69, 9.17) is 15.2 Å². The lowest BCUT2D eigenvalue weighted by Gasteiger charge is -2.35. The molecule has 1 unspecified atom stereocenters. The smallest absolute Gasteiger partial charge is 0.409 e. The number of para-hydroxylation sites is 1. The fourth-order valence-corrected chi connectivity index (χ4v) is 3.61. The lowest BCUT2D eigenvalue weighted by Crippen LogP contribution is -2.56. The van der Waals surface area contributed by atoms with Crippen LogP contribution in [0.5, 0.6) is 5.75 Å². The van der Waals surface area contributed by atoms with E-state index in [0.717, 1.165) is 5.39 Å². The van der Waals surface area contributed by atoms with Gasteiger partial charge >= 0.3 is 6.09 Å². The summed E-state index contributed by atoms with van der Waals surface area (Å²) in [6.07, 6.45) is -0.809. The van der Waals surface area contributed by atoms with E-state index in [9.17, 15) is 19.2 Å². The Morgan fingerprint density at radius 1 is 1.12 bits per heavy atom. The Labute approximate surface area is 190 Å². The molecule has 3 N–H and O–H groups in total. The Balaban J connectivity index is 1.74. The average molecular weight is 457 g/mol. The number of methoxy groups -OCH3 is 1. The van der Waals surface area contributed by atoms with E-state index in [1.165, 1.54) is 23.0 Å². The molecular weight excluding hydrogens is 430 g/mol. The van der Waals surface area contributed by atoms with Crippen molar-refractivity contribution in [3.8, 4) is 5.75 Å². The number of nitrogens with two attached hydrogens (primary N) is 1. The van der Waals surface area contributed by atoms with E-state index in [0.29, 0.717) is 11.3 Å². The Hall–Kier alpha value is -3.89. The predicted molar refractivity (Wildman–Crippen MR) is 119 cm³/mol. The van der Waals surface area contributed by atoms with Crippen LogP contribution in [0.25, 0.3) is 10.9 Å². The van der Waals surface area contributed by atoms with Gasteiger partial charge in [-0.15, -0.1) is 0 Å². The summed E-state index contributed by atoms with van der Waals surface area (Å²) in [5.74, 6) is -1.37. The van der Waals surface area contributed by atoms with Crippen LogP contribution in [0.15, 0.2) is 30.3 Å². The van der Waals surface area contributed by atoms with Gasteiger partial charge in [-0.3, -0.25) is 14.4 Å². The first kappa shape index (κ1) is 23.8. The zero-order valence-electron chi connectivity index (χ0n) is 18.6. The summed E-state index contributed by atoms with van der Waals surface area (Å²) in [5, 5.41) is 3.31. The number of nitrogens with one attached hydrogen (secondary N) is 1. The molecule has 1 aliphatic rings. The van der Waals surface area contributed by atoms with Gasteiger partial charge in [0.2, 0.25) is 11.8 Å². The highest BCUT2D eigenvalue weighted by Gasteiger charge is 2.32. The maximum absolute atomic E-state index is 13.1. The number of rotatable bonds is 7. The van der Waals surface area contributed by atoms with Gasteiger partial charge in [0.1, 0.15) is 17.5 Å². The molecule has 176 valence electrons. The number of piperazine rings is 1. The summed E-state index contributed by atoms with van der Waals surface area (Å²) >= 11 is 0. The second kappa shape index (κ2) is 10.6. The van der Waals surface area contributed by atoms with Crippen LogP contribution in [0.1, 0.15) is 23.8 Å². The van der Waals surface area contributed by atoms with E-state index in [-0.39, 0.29) is 44.9 Å². The summed E-state index contributed by atoms with van der Waals surface area (Å²) in [6.45, 7) is 3.03. The number of fused-ring (bicyclic) bond motifs is 1. The number of primary amides is 1. The molecule has 2 heterocycles. The van der Waals surface area contributed by atoms with Crippen molar-refractivity contribution in [2.24, 2.45) is 5.73 Å². The van der Waals surface area contributed by atoms with E-state index >= 15 is 0 Å². The van der Waals surface area contributed by atoms with Crippen molar-refractivity contribution in [1.29, 1.82) is 0 Å². The van der Waals surface area contributed by atoms with Crippen LogP contribution in [0.2, 0.25) is 0 Å². The first-order valence-electron chi connectivity index (χ1n) is 10.6. The molecule has 2 aromatic rings. The molecule has 0 aliphatic carbocycles. The maximum atomic E-state index is 13.1. The number of hydrogen-bond acceptors (Lipinski definition) is 7. The molecular formula is C22H27N5O6. The van der Waals surface area contributed by atoms with Gasteiger partial charge < -0.3 is 30.3 Å². The molecule has 1 saturated heterocycles. The van der Waals surface area contributed by atoms with Crippen molar-refractivity contribution in [1.82, 2.24) is 20.1 Å². The number of aromatic nitrogens is 1. The summed E-state index contributed by atoms with van der Waals surface area (Å²) in [7, 11) is 1.48. The number of ether oxygens (including phenoxy) is 2. The summed E-state index contributed by atoms with van der Waals surface area (Å²) in [6, 6.07) is 7.48. The minimum Gasteiger partial charge on any atom is -0.496 e. The number of hydrogen-bond donors (Lipinski definition) is 2. The Morgan fingerprint density at radius 2 is 1.79 bits per heavy atom. The molecule has 1 aliphatic heterocycles. The third-order valence-corrected chi connectivity index (χ3v) is 5.26. The topological polar surface area (TPSA) is 144 Å². The van der Waals surface area contributed by atoms with Gasteiger partial charge in [-0.2, -0.15) is 0 Å². The van der Waals surface area contributed by atoms with Gasteiger partial charge in [0, 0.05) is 37.6 Å². The van der Waals surface area contributed by atoms with E-state index in [1.54, 1.807) is 19.1 Å². The van der Waals surface area contributed by atoms with E-state index in [1.807, 2.05) is 12.1 Å². The zero-order valence-corrected chi connectivity index (χ0v) is 18.6. The zero-order chi connectivity index (χ0) is 24.0. The quantitative estimate of drug-likeness (QED) is 0.617. The summed E-state index contributed by atoms with van der Waals surface area (Å²) in [4.78, 5) is 56.8. The van der Waals surface area contributed by atoms with Crippen LogP contribution < -0.4 is 15.8 Å². The third-order valence-electron chi connectivity index (χ3n) is 5.26. The molecule has 1 atom stereocenters. The van der Waals surface area contributed by atoms with Crippen LogP contribution in [0.3, 0.4) is 0 Å². The Bertz CT molecular complexity index is 1050. The van der Waals surface area contributed by atoms with Crippen LogP contribution in [-0.4, -0.2) is 84.5 Å². The van der Waals surface area contributed by atoms with Crippen molar-refractivity contribution in [2.45, 2.75) is 19.4 Å². The van der Waals surface area contributed by atoms with Gasteiger partial charge in [-0.05, 0) is 19.1 Å². The second-order valence-corrected chi connectivity index (χ2v) is 7.43. The minimum atomic E-state index is -1.16. The van der Waals surface area contributed by atoms with Crippen molar-refractivity contribution >= 4 is 34.7 Å². The predicted octanol–water partition coefficient (Wildman–Crippen LogP) is 0.518. The molecule has 1 aromatic heterocycles. The number of benzene rings is 1. The molecule has 0 spiro atoms. The van der Waals surface area contributed by atoms with Crippen LogP contribution in [0.4, 0.5) is 4.79 Å². The summed E-state index contributed by atoms with van der Waals surface area (Å²) < 4.78 is 10.3. The van der Waals surface area contributed by atoms with Crippen LogP contribution in [0, 0.1) is 0 Å². The van der Waals surface area contributed by atoms with Gasteiger partial charge in [-0.25, -0.2) is 9.78 Å². The van der Waals surface area contributed by atoms with Gasteiger partial charge in [0.05, 0.1) is 25.7 Å². The normalized spacial score (nSPS) is 14.5. The van der Waals surface area contributed by atoms with Crippen LogP contribution in [-0.2, 0) is 14.3 Å². The summed E-state index contributed by atoms with van der Waals surface area (Å²) in [5.41, 5.74) is 5.92. The van der Waals surface area contributed by atoms with E-state index < -0.39 is 29.9 Å². The fraction of sp³-hybridized carbons (Fsp3) is 0.409. The highest BCUT2D eigenvalue weighted by atomic mass is 16.6. The maximum Gasteiger partial charge on any atom is 0.409 e. The van der Waals surface area contributed by atoms with Crippen molar-refractivity contribution in [3.63, 3.8) is 0 Å². The molecule has 1 fully saturated rings. The van der Waals surface area contributed by atoms with Crippen molar-refractivity contribution in [2.75, 3.05) is 39.9 Å². The highest BCUT2D eigenvalue weighted by molar-refractivity contribution is 6.00. The minimum absolute atomic E-state index is 0.0416. The lowest BCUT2D eigenvalue weighted by molar-refractivity contribution is -0.136. The number of carbonyl (C=O) groups excluding carboxylic acids is 4. The third kappa shape index (κ3) is 5.68. The Kier molecular flexibility index (Phi) is 7.65. The monoisotopic (exact) mass is 457 g/mol.